The topological polar surface area (TPSA) is 92.5 Å². The molecule has 0 saturated heterocycles. The van der Waals surface area contributed by atoms with Crippen LogP contribution in [0.4, 0.5) is 0 Å². The molecule has 7 nitrogen and oxygen atoms in total. The average Bonchev–Trinajstić information content (AvgIpc) is 3.46. The fraction of sp³-hybridized carbons (Fsp3) is 0.158. The smallest absolute Gasteiger partial charge is 0.252 e. The molecule has 0 fully saturated rings. The number of rotatable bonds is 7. The highest BCUT2D eigenvalue weighted by atomic mass is 32.2. The van der Waals surface area contributed by atoms with Gasteiger partial charge in [-0.25, -0.2) is 13.4 Å². The Balaban J connectivity index is 1.36. The van der Waals surface area contributed by atoms with Gasteiger partial charge in [0.2, 0.25) is 5.91 Å². The second-order valence-electron chi connectivity index (χ2n) is 6.22. The maximum absolute atomic E-state index is 12.4. The molecule has 3 heterocycles. The van der Waals surface area contributed by atoms with Crippen LogP contribution in [0.2, 0.25) is 0 Å². The van der Waals surface area contributed by atoms with Crippen molar-refractivity contribution < 1.29 is 17.6 Å². The number of thiazole rings is 1. The SMILES string of the molecule is CN(CC(=O)NCc1ccc(-c2nc3ccccc3s2)o1)S(=O)(=O)c1cccs1. The zero-order valence-electron chi connectivity index (χ0n) is 15.4. The third-order valence-corrected chi connectivity index (χ3v) is 8.38. The van der Waals surface area contributed by atoms with Crippen LogP contribution in [0.3, 0.4) is 0 Å². The Morgan fingerprint density at radius 1 is 1.17 bits per heavy atom. The summed E-state index contributed by atoms with van der Waals surface area (Å²) in [6.07, 6.45) is 0. The Hall–Kier alpha value is -2.53. The minimum absolute atomic E-state index is 0.163. The van der Waals surface area contributed by atoms with Crippen LogP contribution in [0, 0.1) is 0 Å². The van der Waals surface area contributed by atoms with E-state index in [2.05, 4.69) is 10.3 Å². The van der Waals surface area contributed by atoms with E-state index in [1.165, 1.54) is 24.5 Å². The van der Waals surface area contributed by atoms with E-state index in [4.69, 9.17) is 4.42 Å². The van der Waals surface area contributed by atoms with E-state index in [1.54, 1.807) is 17.5 Å². The summed E-state index contributed by atoms with van der Waals surface area (Å²) in [4.78, 5) is 16.7. The van der Waals surface area contributed by atoms with Crippen LogP contribution in [0.1, 0.15) is 5.76 Å². The lowest BCUT2D eigenvalue weighted by molar-refractivity contribution is -0.121. The zero-order chi connectivity index (χ0) is 20.4. The van der Waals surface area contributed by atoms with Crippen LogP contribution >= 0.6 is 22.7 Å². The predicted molar refractivity (Wildman–Crippen MR) is 113 cm³/mol. The lowest BCUT2D eigenvalue weighted by Gasteiger charge is -2.15. The van der Waals surface area contributed by atoms with Gasteiger partial charge in [0, 0.05) is 7.05 Å². The maximum Gasteiger partial charge on any atom is 0.252 e. The molecule has 3 aromatic heterocycles. The number of fused-ring (bicyclic) bond motifs is 1. The molecule has 1 aromatic carbocycles. The number of carbonyl (C=O) groups excluding carboxylic acids is 1. The number of nitrogens with zero attached hydrogens (tertiary/aromatic N) is 2. The number of hydrogen-bond donors (Lipinski definition) is 1. The average molecular weight is 448 g/mol. The van der Waals surface area contributed by atoms with Gasteiger partial charge < -0.3 is 9.73 Å². The van der Waals surface area contributed by atoms with Gasteiger partial charge in [0.1, 0.15) is 9.97 Å². The molecule has 0 aliphatic carbocycles. The van der Waals surface area contributed by atoms with Crippen LogP contribution in [-0.4, -0.2) is 37.2 Å². The van der Waals surface area contributed by atoms with E-state index in [0.29, 0.717) is 11.5 Å². The second-order valence-corrected chi connectivity index (χ2v) is 10.5. The van der Waals surface area contributed by atoms with Crippen molar-refractivity contribution in [1.29, 1.82) is 0 Å². The predicted octanol–water partition coefficient (Wildman–Crippen LogP) is 3.55. The van der Waals surface area contributed by atoms with Crippen molar-refractivity contribution in [2.75, 3.05) is 13.6 Å². The van der Waals surface area contributed by atoms with Crippen molar-refractivity contribution in [3.05, 3.63) is 59.7 Å². The van der Waals surface area contributed by atoms with E-state index in [0.717, 1.165) is 30.9 Å². The molecule has 4 aromatic rings. The molecule has 1 N–H and O–H groups in total. The molecule has 0 saturated carbocycles. The summed E-state index contributed by atoms with van der Waals surface area (Å²) in [6.45, 7) is -0.109. The molecule has 0 atom stereocenters. The van der Waals surface area contributed by atoms with Crippen molar-refractivity contribution in [3.63, 3.8) is 0 Å². The Labute approximate surface area is 175 Å². The standard InChI is InChI=1S/C19H17N3O4S3/c1-22(29(24,25)18-7-4-10-27-18)12-17(23)20-11-13-8-9-15(26-13)19-21-14-5-2-3-6-16(14)28-19/h2-10H,11-12H2,1H3,(H,20,23). The van der Waals surface area contributed by atoms with Crippen molar-refractivity contribution in [1.82, 2.24) is 14.6 Å². The number of likely N-dealkylation sites (N-methyl/N-ethyl adjacent to an activating group) is 1. The number of furan rings is 1. The third kappa shape index (κ3) is 4.25. The zero-order valence-corrected chi connectivity index (χ0v) is 17.8. The first-order chi connectivity index (χ1) is 13.9. The normalized spacial score (nSPS) is 11.9. The molecule has 1 amide bonds. The minimum atomic E-state index is -3.66. The quantitative estimate of drug-likeness (QED) is 0.468. The number of aromatic nitrogens is 1. The largest absolute Gasteiger partial charge is 0.457 e. The summed E-state index contributed by atoms with van der Waals surface area (Å²) in [5.74, 6) is 0.787. The minimum Gasteiger partial charge on any atom is -0.457 e. The van der Waals surface area contributed by atoms with Gasteiger partial charge in [-0.05, 0) is 35.7 Å². The van der Waals surface area contributed by atoms with Gasteiger partial charge in [-0.2, -0.15) is 4.31 Å². The highest BCUT2D eigenvalue weighted by Crippen LogP contribution is 2.31. The monoisotopic (exact) mass is 447 g/mol. The van der Waals surface area contributed by atoms with E-state index in [1.807, 2.05) is 30.3 Å². The lowest BCUT2D eigenvalue weighted by Crippen LogP contribution is -2.37. The van der Waals surface area contributed by atoms with Gasteiger partial charge in [0.25, 0.3) is 10.0 Å². The number of carbonyl (C=O) groups is 1. The first-order valence-corrected chi connectivity index (χ1v) is 11.8. The molecule has 150 valence electrons. The number of thiophene rings is 1. The van der Waals surface area contributed by atoms with E-state index < -0.39 is 15.9 Å². The maximum atomic E-state index is 12.4. The van der Waals surface area contributed by atoms with Crippen LogP contribution in [0.25, 0.3) is 21.0 Å². The molecule has 0 unspecified atom stereocenters. The fourth-order valence-electron chi connectivity index (χ4n) is 2.66. The molecular weight excluding hydrogens is 430 g/mol. The summed E-state index contributed by atoms with van der Waals surface area (Å²) in [5.41, 5.74) is 0.911. The summed E-state index contributed by atoms with van der Waals surface area (Å²) in [7, 11) is -2.28. The summed E-state index contributed by atoms with van der Waals surface area (Å²) in [6, 6.07) is 14.6. The van der Waals surface area contributed by atoms with Crippen LogP contribution < -0.4 is 5.32 Å². The number of benzene rings is 1. The highest BCUT2D eigenvalue weighted by molar-refractivity contribution is 7.91. The van der Waals surface area contributed by atoms with Crippen LogP contribution in [-0.2, 0) is 21.4 Å². The van der Waals surface area contributed by atoms with Gasteiger partial charge in [-0.15, -0.1) is 22.7 Å². The van der Waals surface area contributed by atoms with Crippen LogP contribution in [0.15, 0.2) is 62.5 Å². The Morgan fingerprint density at radius 3 is 2.76 bits per heavy atom. The van der Waals surface area contributed by atoms with Gasteiger partial charge in [0.05, 0.1) is 23.3 Å². The first-order valence-electron chi connectivity index (χ1n) is 8.65. The van der Waals surface area contributed by atoms with Crippen molar-refractivity contribution in [2.45, 2.75) is 10.8 Å². The molecular formula is C19H17N3O4S3. The number of hydrogen-bond acceptors (Lipinski definition) is 7. The number of amides is 1. The van der Waals surface area contributed by atoms with Gasteiger partial charge >= 0.3 is 0 Å². The number of nitrogens with one attached hydrogen (secondary N) is 1. The number of sulfonamides is 1. The molecule has 0 bridgehead atoms. The second kappa shape index (κ2) is 8.07. The Morgan fingerprint density at radius 2 is 2.00 bits per heavy atom. The molecule has 0 radical (unpaired) electrons. The molecule has 29 heavy (non-hydrogen) atoms. The van der Waals surface area contributed by atoms with Crippen LogP contribution in [0.5, 0.6) is 0 Å². The molecule has 0 aliphatic heterocycles. The van der Waals surface area contributed by atoms with E-state index in [9.17, 15) is 13.2 Å². The third-order valence-electron chi connectivity index (χ3n) is 4.15. The molecule has 4 rings (SSSR count). The van der Waals surface area contributed by atoms with Crippen molar-refractivity contribution in [2.24, 2.45) is 0 Å². The highest BCUT2D eigenvalue weighted by Gasteiger charge is 2.23. The fourth-order valence-corrected chi connectivity index (χ4v) is 5.91. The van der Waals surface area contributed by atoms with Crippen molar-refractivity contribution >= 4 is 48.8 Å². The summed E-state index contributed by atoms with van der Waals surface area (Å²) >= 11 is 2.65. The Bertz CT molecular complexity index is 1210. The van der Waals surface area contributed by atoms with Gasteiger partial charge in [0.15, 0.2) is 10.8 Å². The van der Waals surface area contributed by atoms with E-state index >= 15 is 0 Å². The summed E-state index contributed by atoms with van der Waals surface area (Å²) in [5, 5.41) is 5.14. The van der Waals surface area contributed by atoms with Crippen molar-refractivity contribution in [3.8, 4) is 10.8 Å². The van der Waals surface area contributed by atoms with Gasteiger partial charge in [-0.1, -0.05) is 18.2 Å². The molecule has 0 aliphatic rings. The molecule has 10 heteroatoms. The summed E-state index contributed by atoms with van der Waals surface area (Å²) < 4.78 is 32.8. The van der Waals surface area contributed by atoms with E-state index in [-0.39, 0.29) is 17.3 Å². The number of para-hydroxylation sites is 1. The first kappa shape index (κ1) is 19.8. The molecule has 0 spiro atoms. The Kier molecular flexibility index (Phi) is 5.50. The van der Waals surface area contributed by atoms with Gasteiger partial charge in [-0.3, -0.25) is 4.79 Å². The lowest BCUT2D eigenvalue weighted by atomic mass is 10.3.